The predicted molar refractivity (Wildman–Crippen MR) is 54.3 cm³/mol. The van der Waals surface area contributed by atoms with Crippen LogP contribution in [0.25, 0.3) is 0 Å². The molecule has 1 fully saturated rings. The molecular weight excluding hydrogens is 184 g/mol. The Bertz CT molecular complexity index is 203. The van der Waals surface area contributed by atoms with Gasteiger partial charge in [0.15, 0.2) is 0 Å². The number of hydrogen-bond donors (Lipinski definition) is 1. The van der Waals surface area contributed by atoms with E-state index in [1.54, 1.807) is 0 Å². The van der Waals surface area contributed by atoms with Crippen LogP contribution in [0.1, 0.15) is 39.0 Å². The quantitative estimate of drug-likeness (QED) is 0.701. The zero-order chi connectivity index (χ0) is 10.8. The molecule has 0 amide bonds. The fourth-order valence-electron chi connectivity index (χ4n) is 2.06. The van der Waals surface area contributed by atoms with E-state index in [-0.39, 0.29) is 24.8 Å². The van der Waals surface area contributed by atoms with E-state index in [4.69, 9.17) is 5.73 Å². The van der Waals surface area contributed by atoms with Crippen LogP contribution in [0.5, 0.6) is 0 Å². The second-order valence-corrected chi connectivity index (χ2v) is 4.52. The SMILES string of the molecule is C=C(C)CC(N)C1CCC(F)(F)CC1. The van der Waals surface area contributed by atoms with Crippen LogP contribution in [-0.4, -0.2) is 12.0 Å². The molecule has 0 saturated heterocycles. The highest BCUT2D eigenvalue weighted by molar-refractivity contribution is 4.95. The van der Waals surface area contributed by atoms with Crippen molar-refractivity contribution in [3.8, 4) is 0 Å². The highest BCUT2D eigenvalue weighted by atomic mass is 19.3. The van der Waals surface area contributed by atoms with Crippen molar-refractivity contribution in [1.29, 1.82) is 0 Å². The first-order valence-electron chi connectivity index (χ1n) is 5.18. The van der Waals surface area contributed by atoms with E-state index in [1.807, 2.05) is 6.92 Å². The molecule has 3 heteroatoms. The van der Waals surface area contributed by atoms with Crippen LogP contribution in [0.4, 0.5) is 8.78 Å². The van der Waals surface area contributed by atoms with Gasteiger partial charge < -0.3 is 5.73 Å². The third kappa shape index (κ3) is 3.37. The molecule has 1 aliphatic rings. The van der Waals surface area contributed by atoms with Gasteiger partial charge in [0.05, 0.1) is 0 Å². The average Bonchev–Trinajstić information content (AvgIpc) is 2.02. The molecule has 0 bridgehead atoms. The van der Waals surface area contributed by atoms with Crippen molar-refractivity contribution in [2.75, 3.05) is 0 Å². The van der Waals surface area contributed by atoms with Gasteiger partial charge in [0, 0.05) is 18.9 Å². The van der Waals surface area contributed by atoms with Crippen molar-refractivity contribution in [2.24, 2.45) is 11.7 Å². The minimum Gasteiger partial charge on any atom is -0.327 e. The van der Waals surface area contributed by atoms with Crippen LogP contribution in [0.15, 0.2) is 12.2 Å². The number of alkyl halides is 2. The average molecular weight is 203 g/mol. The first-order valence-corrected chi connectivity index (χ1v) is 5.18. The standard InChI is InChI=1S/C11H19F2N/c1-8(2)7-10(14)9-3-5-11(12,13)6-4-9/h9-10H,1,3-7,14H2,2H3. The summed E-state index contributed by atoms with van der Waals surface area (Å²) < 4.78 is 25.7. The second-order valence-electron chi connectivity index (χ2n) is 4.52. The molecule has 0 aromatic heterocycles. The molecule has 0 aliphatic heterocycles. The number of halogens is 2. The minimum atomic E-state index is -2.44. The smallest absolute Gasteiger partial charge is 0.248 e. The van der Waals surface area contributed by atoms with Gasteiger partial charge in [0.1, 0.15) is 0 Å². The lowest BCUT2D eigenvalue weighted by atomic mass is 9.80. The summed E-state index contributed by atoms with van der Waals surface area (Å²) in [5.41, 5.74) is 6.97. The molecule has 1 unspecified atom stereocenters. The van der Waals surface area contributed by atoms with Gasteiger partial charge in [-0.25, -0.2) is 8.78 Å². The monoisotopic (exact) mass is 203 g/mol. The number of rotatable bonds is 3. The van der Waals surface area contributed by atoms with Crippen LogP contribution in [0, 0.1) is 5.92 Å². The van der Waals surface area contributed by atoms with Crippen molar-refractivity contribution in [3.05, 3.63) is 12.2 Å². The second kappa shape index (κ2) is 4.39. The Morgan fingerprint density at radius 1 is 1.50 bits per heavy atom. The lowest BCUT2D eigenvalue weighted by molar-refractivity contribution is -0.0481. The first kappa shape index (κ1) is 11.6. The molecule has 0 aromatic carbocycles. The lowest BCUT2D eigenvalue weighted by Gasteiger charge is -2.32. The molecule has 2 N–H and O–H groups in total. The fraction of sp³-hybridized carbons (Fsp3) is 0.818. The molecular formula is C11H19F2N. The van der Waals surface area contributed by atoms with Gasteiger partial charge >= 0.3 is 0 Å². The Morgan fingerprint density at radius 3 is 2.43 bits per heavy atom. The van der Waals surface area contributed by atoms with Gasteiger partial charge in [0.25, 0.3) is 0 Å². The largest absolute Gasteiger partial charge is 0.327 e. The highest BCUT2D eigenvalue weighted by Gasteiger charge is 2.36. The molecule has 0 radical (unpaired) electrons. The van der Waals surface area contributed by atoms with Gasteiger partial charge in [-0.1, -0.05) is 5.57 Å². The maximum Gasteiger partial charge on any atom is 0.248 e. The topological polar surface area (TPSA) is 26.0 Å². The van der Waals surface area contributed by atoms with Crippen molar-refractivity contribution in [2.45, 2.75) is 51.0 Å². The Kier molecular flexibility index (Phi) is 3.65. The molecule has 0 aromatic rings. The molecule has 1 saturated carbocycles. The molecule has 1 atom stereocenters. The van der Waals surface area contributed by atoms with Crippen LogP contribution >= 0.6 is 0 Å². The molecule has 1 aliphatic carbocycles. The maximum atomic E-state index is 12.8. The van der Waals surface area contributed by atoms with E-state index in [9.17, 15) is 8.78 Å². The maximum absolute atomic E-state index is 12.8. The van der Waals surface area contributed by atoms with Crippen LogP contribution in [-0.2, 0) is 0 Å². The first-order chi connectivity index (χ1) is 6.41. The normalized spacial score (nSPS) is 24.6. The van der Waals surface area contributed by atoms with Gasteiger partial charge in [-0.3, -0.25) is 0 Å². The Morgan fingerprint density at radius 2 is 2.00 bits per heavy atom. The van der Waals surface area contributed by atoms with Crippen molar-refractivity contribution in [1.82, 2.24) is 0 Å². The van der Waals surface area contributed by atoms with E-state index in [2.05, 4.69) is 6.58 Å². The van der Waals surface area contributed by atoms with Crippen molar-refractivity contribution in [3.63, 3.8) is 0 Å². The molecule has 0 heterocycles. The van der Waals surface area contributed by atoms with Crippen LogP contribution in [0.3, 0.4) is 0 Å². The molecule has 0 spiro atoms. The van der Waals surface area contributed by atoms with Crippen LogP contribution < -0.4 is 5.73 Å². The summed E-state index contributed by atoms with van der Waals surface area (Å²) >= 11 is 0. The summed E-state index contributed by atoms with van der Waals surface area (Å²) in [6.45, 7) is 5.72. The van der Waals surface area contributed by atoms with E-state index in [1.165, 1.54) is 0 Å². The summed E-state index contributed by atoms with van der Waals surface area (Å²) in [7, 11) is 0. The van der Waals surface area contributed by atoms with Gasteiger partial charge in [-0.2, -0.15) is 0 Å². The summed E-state index contributed by atoms with van der Waals surface area (Å²) in [5.74, 6) is -2.19. The third-order valence-electron chi connectivity index (χ3n) is 2.95. The highest BCUT2D eigenvalue weighted by Crippen LogP contribution is 2.37. The van der Waals surface area contributed by atoms with E-state index in [0.29, 0.717) is 12.8 Å². The molecule has 1 rings (SSSR count). The van der Waals surface area contributed by atoms with Gasteiger partial charge in [0.2, 0.25) is 5.92 Å². The van der Waals surface area contributed by atoms with Crippen LogP contribution in [0.2, 0.25) is 0 Å². The Hall–Kier alpha value is -0.440. The molecule has 82 valence electrons. The van der Waals surface area contributed by atoms with Crippen molar-refractivity contribution < 1.29 is 8.78 Å². The van der Waals surface area contributed by atoms with E-state index < -0.39 is 5.92 Å². The molecule has 14 heavy (non-hydrogen) atoms. The Labute approximate surface area is 84.4 Å². The van der Waals surface area contributed by atoms with E-state index in [0.717, 1.165) is 12.0 Å². The lowest BCUT2D eigenvalue weighted by Crippen LogP contribution is -2.36. The van der Waals surface area contributed by atoms with Crippen molar-refractivity contribution >= 4 is 0 Å². The summed E-state index contributed by atoms with van der Waals surface area (Å²) in [5, 5.41) is 0. The zero-order valence-corrected chi connectivity index (χ0v) is 8.73. The van der Waals surface area contributed by atoms with Gasteiger partial charge in [-0.05, 0) is 32.1 Å². The Balaban J connectivity index is 2.37. The minimum absolute atomic E-state index is 0.00154. The summed E-state index contributed by atoms with van der Waals surface area (Å²) in [6.07, 6.45) is 1.88. The summed E-state index contributed by atoms with van der Waals surface area (Å²) in [4.78, 5) is 0. The third-order valence-corrected chi connectivity index (χ3v) is 2.95. The van der Waals surface area contributed by atoms with E-state index >= 15 is 0 Å². The number of hydrogen-bond acceptors (Lipinski definition) is 1. The predicted octanol–water partition coefficient (Wildman–Crippen LogP) is 3.11. The van der Waals surface area contributed by atoms with Gasteiger partial charge in [-0.15, -0.1) is 6.58 Å². The molecule has 1 nitrogen and oxygen atoms in total. The summed E-state index contributed by atoms with van der Waals surface area (Å²) in [6, 6.07) is 0.0172. The number of nitrogens with two attached hydrogens (primary N) is 1. The fourth-order valence-corrected chi connectivity index (χ4v) is 2.06. The zero-order valence-electron chi connectivity index (χ0n) is 8.73.